The quantitative estimate of drug-likeness (QED) is 0.881. The Balaban J connectivity index is 1.89. The maximum Gasteiger partial charge on any atom is 0.0640 e. The highest BCUT2D eigenvalue weighted by molar-refractivity contribution is 6.42. The van der Waals surface area contributed by atoms with E-state index in [-0.39, 0.29) is 6.04 Å². The second-order valence-corrected chi connectivity index (χ2v) is 5.69. The molecule has 0 radical (unpaired) electrons. The maximum atomic E-state index is 6.21. The van der Waals surface area contributed by atoms with Gasteiger partial charge in [-0.15, -0.1) is 0 Å². The van der Waals surface area contributed by atoms with Gasteiger partial charge in [0.15, 0.2) is 0 Å². The molecule has 1 aromatic carbocycles. The molecular weight excluding hydrogens is 269 g/mol. The van der Waals surface area contributed by atoms with Gasteiger partial charge in [0.1, 0.15) is 0 Å². The van der Waals surface area contributed by atoms with Crippen LogP contribution in [0.5, 0.6) is 0 Å². The zero-order chi connectivity index (χ0) is 13.1. The summed E-state index contributed by atoms with van der Waals surface area (Å²) in [5.74, 6) is 0.645. The second kappa shape index (κ2) is 6.25. The highest BCUT2D eigenvalue weighted by Gasteiger charge is 2.31. The Morgan fingerprint density at radius 1 is 1.39 bits per heavy atom. The standard InChI is InChI=1S/C14H19Cl2NO/c1-2-18-10-6-9(7-10)8-13(17)11-4-3-5-12(15)14(11)16/h3-5,9-10,13H,2,6-8,17H2,1H3. The number of hydrogen-bond donors (Lipinski definition) is 1. The van der Waals surface area contributed by atoms with E-state index in [1.807, 2.05) is 19.1 Å². The predicted molar refractivity (Wildman–Crippen MR) is 76.1 cm³/mol. The lowest BCUT2D eigenvalue weighted by Crippen LogP contribution is -2.33. The lowest BCUT2D eigenvalue weighted by Gasteiger charge is -2.36. The smallest absolute Gasteiger partial charge is 0.0640 e. The molecule has 100 valence electrons. The van der Waals surface area contributed by atoms with Crippen LogP contribution in [0.15, 0.2) is 18.2 Å². The van der Waals surface area contributed by atoms with Crippen molar-refractivity contribution in [3.05, 3.63) is 33.8 Å². The first kappa shape index (κ1) is 14.1. The van der Waals surface area contributed by atoms with E-state index in [1.165, 1.54) is 0 Å². The Hall–Kier alpha value is -0.280. The Morgan fingerprint density at radius 3 is 2.78 bits per heavy atom. The molecule has 1 unspecified atom stereocenters. The van der Waals surface area contributed by atoms with Gasteiger partial charge in [-0.3, -0.25) is 0 Å². The van der Waals surface area contributed by atoms with E-state index in [4.69, 9.17) is 33.7 Å². The number of benzene rings is 1. The van der Waals surface area contributed by atoms with E-state index >= 15 is 0 Å². The van der Waals surface area contributed by atoms with E-state index < -0.39 is 0 Å². The SMILES string of the molecule is CCOC1CC(CC(N)c2cccc(Cl)c2Cl)C1. The summed E-state index contributed by atoms with van der Waals surface area (Å²) in [6.07, 6.45) is 3.60. The molecule has 2 N–H and O–H groups in total. The summed E-state index contributed by atoms with van der Waals surface area (Å²) >= 11 is 12.2. The highest BCUT2D eigenvalue weighted by Crippen LogP contribution is 2.38. The van der Waals surface area contributed by atoms with Crippen molar-refractivity contribution < 1.29 is 4.74 Å². The van der Waals surface area contributed by atoms with Crippen LogP contribution in [0.3, 0.4) is 0 Å². The van der Waals surface area contributed by atoms with Gasteiger partial charge in [0, 0.05) is 12.6 Å². The topological polar surface area (TPSA) is 35.2 Å². The summed E-state index contributed by atoms with van der Waals surface area (Å²) in [7, 11) is 0. The Kier molecular flexibility index (Phi) is 4.91. The number of rotatable bonds is 5. The number of ether oxygens (including phenoxy) is 1. The van der Waals surface area contributed by atoms with E-state index in [0.717, 1.165) is 31.4 Å². The molecule has 0 bridgehead atoms. The molecule has 0 aliphatic heterocycles. The Labute approximate surface area is 118 Å². The molecule has 18 heavy (non-hydrogen) atoms. The number of hydrogen-bond acceptors (Lipinski definition) is 2. The zero-order valence-corrected chi connectivity index (χ0v) is 12.0. The molecule has 1 saturated carbocycles. The van der Waals surface area contributed by atoms with Crippen LogP contribution in [0.4, 0.5) is 0 Å². The molecule has 2 rings (SSSR count). The third-order valence-electron chi connectivity index (χ3n) is 3.56. The first-order valence-electron chi connectivity index (χ1n) is 6.42. The lowest BCUT2D eigenvalue weighted by atomic mass is 9.77. The van der Waals surface area contributed by atoms with Gasteiger partial charge in [-0.1, -0.05) is 35.3 Å². The summed E-state index contributed by atoms with van der Waals surface area (Å²) in [6.45, 7) is 2.83. The second-order valence-electron chi connectivity index (χ2n) is 4.90. The van der Waals surface area contributed by atoms with Gasteiger partial charge in [0.25, 0.3) is 0 Å². The number of nitrogens with two attached hydrogens (primary N) is 1. The molecule has 1 atom stereocenters. The van der Waals surface area contributed by atoms with Gasteiger partial charge in [0.2, 0.25) is 0 Å². The summed E-state index contributed by atoms with van der Waals surface area (Å²) < 4.78 is 5.55. The molecule has 1 aliphatic rings. The van der Waals surface area contributed by atoms with Crippen LogP contribution in [-0.2, 0) is 4.74 Å². The van der Waals surface area contributed by atoms with Gasteiger partial charge in [-0.25, -0.2) is 0 Å². The van der Waals surface area contributed by atoms with E-state index in [9.17, 15) is 0 Å². The summed E-state index contributed by atoms with van der Waals surface area (Å²) in [4.78, 5) is 0. The van der Waals surface area contributed by atoms with Gasteiger partial charge >= 0.3 is 0 Å². The fourth-order valence-corrected chi connectivity index (χ4v) is 2.98. The fraction of sp³-hybridized carbons (Fsp3) is 0.571. The minimum atomic E-state index is -0.0382. The molecule has 0 saturated heterocycles. The third kappa shape index (κ3) is 3.18. The van der Waals surface area contributed by atoms with E-state index in [1.54, 1.807) is 6.07 Å². The molecule has 0 aromatic heterocycles. The summed E-state index contributed by atoms with van der Waals surface area (Å²) in [5.41, 5.74) is 7.16. The molecule has 1 fully saturated rings. The van der Waals surface area contributed by atoms with E-state index in [2.05, 4.69) is 0 Å². The van der Waals surface area contributed by atoms with Crippen molar-refractivity contribution in [3.8, 4) is 0 Å². The largest absolute Gasteiger partial charge is 0.378 e. The molecule has 1 aromatic rings. The van der Waals surface area contributed by atoms with Crippen LogP contribution >= 0.6 is 23.2 Å². The normalized spacial score (nSPS) is 24.7. The lowest BCUT2D eigenvalue weighted by molar-refractivity contribution is -0.0282. The van der Waals surface area contributed by atoms with Crippen LogP contribution in [0.2, 0.25) is 10.0 Å². The summed E-state index contributed by atoms with van der Waals surface area (Å²) in [5, 5.41) is 1.16. The monoisotopic (exact) mass is 287 g/mol. The molecule has 0 spiro atoms. The van der Waals surface area contributed by atoms with Crippen molar-refractivity contribution in [1.82, 2.24) is 0 Å². The molecular formula is C14H19Cl2NO. The van der Waals surface area contributed by atoms with Crippen LogP contribution < -0.4 is 5.73 Å². The highest BCUT2D eigenvalue weighted by atomic mass is 35.5. The summed E-state index contributed by atoms with van der Waals surface area (Å²) in [6, 6.07) is 5.60. The predicted octanol–water partition coefficient (Wildman–Crippen LogP) is 4.20. The van der Waals surface area contributed by atoms with Crippen molar-refractivity contribution in [2.24, 2.45) is 11.7 Å². The molecule has 4 heteroatoms. The van der Waals surface area contributed by atoms with Crippen molar-refractivity contribution in [2.75, 3.05) is 6.61 Å². The fourth-order valence-electron chi connectivity index (χ4n) is 2.53. The molecule has 0 amide bonds. The first-order chi connectivity index (χ1) is 8.61. The van der Waals surface area contributed by atoms with Crippen LogP contribution in [0.1, 0.15) is 37.8 Å². The minimum Gasteiger partial charge on any atom is -0.378 e. The molecule has 1 aliphatic carbocycles. The maximum absolute atomic E-state index is 6.21. The van der Waals surface area contributed by atoms with Crippen LogP contribution in [0.25, 0.3) is 0 Å². The van der Waals surface area contributed by atoms with Gasteiger partial charge < -0.3 is 10.5 Å². The number of halogens is 2. The average Bonchev–Trinajstić information content (AvgIpc) is 2.30. The van der Waals surface area contributed by atoms with Crippen molar-refractivity contribution in [3.63, 3.8) is 0 Å². The van der Waals surface area contributed by atoms with Gasteiger partial charge in [0.05, 0.1) is 16.1 Å². The van der Waals surface area contributed by atoms with Crippen LogP contribution in [0, 0.1) is 5.92 Å². The van der Waals surface area contributed by atoms with Crippen molar-refractivity contribution >= 4 is 23.2 Å². The molecule has 0 heterocycles. The Morgan fingerprint density at radius 2 is 2.11 bits per heavy atom. The average molecular weight is 288 g/mol. The third-order valence-corrected chi connectivity index (χ3v) is 4.40. The Bertz CT molecular complexity index is 405. The van der Waals surface area contributed by atoms with Crippen molar-refractivity contribution in [2.45, 2.75) is 38.3 Å². The van der Waals surface area contributed by atoms with Gasteiger partial charge in [-0.05, 0) is 43.7 Å². The van der Waals surface area contributed by atoms with E-state index in [0.29, 0.717) is 22.1 Å². The van der Waals surface area contributed by atoms with Crippen LogP contribution in [-0.4, -0.2) is 12.7 Å². The first-order valence-corrected chi connectivity index (χ1v) is 7.18. The van der Waals surface area contributed by atoms with Crippen molar-refractivity contribution in [1.29, 1.82) is 0 Å². The zero-order valence-electron chi connectivity index (χ0n) is 10.5. The van der Waals surface area contributed by atoms with Gasteiger partial charge in [-0.2, -0.15) is 0 Å². The molecule has 2 nitrogen and oxygen atoms in total. The minimum absolute atomic E-state index is 0.0382.